The van der Waals surface area contributed by atoms with Crippen LogP contribution in [0.5, 0.6) is 5.75 Å². The van der Waals surface area contributed by atoms with E-state index in [0.717, 1.165) is 42.0 Å². The Labute approximate surface area is 172 Å². The van der Waals surface area contributed by atoms with Gasteiger partial charge in [-0.1, -0.05) is 24.0 Å². The lowest BCUT2D eigenvalue weighted by Crippen LogP contribution is -2.35. The van der Waals surface area contributed by atoms with Gasteiger partial charge in [-0.3, -0.25) is 9.59 Å². The van der Waals surface area contributed by atoms with Crippen molar-refractivity contribution in [3.63, 3.8) is 0 Å². The molecule has 1 saturated heterocycles. The zero-order chi connectivity index (χ0) is 20.5. The van der Waals surface area contributed by atoms with E-state index in [1.54, 1.807) is 0 Å². The summed E-state index contributed by atoms with van der Waals surface area (Å²) in [6.07, 6.45) is 2.96. The predicted octanol–water partition coefficient (Wildman–Crippen LogP) is 3.31. The minimum Gasteiger partial charge on any atom is -0.494 e. The van der Waals surface area contributed by atoms with E-state index in [9.17, 15) is 9.59 Å². The normalized spacial score (nSPS) is 13.4. The molecule has 1 aliphatic heterocycles. The van der Waals surface area contributed by atoms with Gasteiger partial charge in [-0.25, -0.2) is 0 Å². The summed E-state index contributed by atoms with van der Waals surface area (Å²) in [6.45, 7) is 3.64. The van der Waals surface area contributed by atoms with Crippen molar-refractivity contribution in [2.45, 2.75) is 32.6 Å². The van der Waals surface area contributed by atoms with Crippen molar-refractivity contribution in [2.75, 3.05) is 24.6 Å². The number of rotatable bonds is 6. The third-order valence-corrected chi connectivity index (χ3v) is 4.71. The van der Waals surface area contributed by atoms with E-state index in [1.165, 1.54) is 0 Å². The van der Waals surface area contributed by atoms with Crippen LogP contribution in [0.4, 0.5) is 5.69 Å². The number of nitrogens with zero attached hydrogens (tertiary/aromatic N) is 1. The van der Waals surface area contributed by atoms with E-state index in [1.807, 2.05) is 60.4 Å². The number of hydrogen-bond acceptors (Lipinski definition) is 3. The monoisotopic (exact) mass is 390 g/mol. The topological polar surface area (TPSA) is 58.6 Å². The second-order valence-corrected chi connectivity index (χ2v) is 6.88. The summed E-state index contributed by atoms with van der Waals surface area (Å²) in [5.74, 6) is 6.93. The molecule has 29 heavy (non-hydrogen) atoms. The number of ether oxygens (including phenoxy) is 1. The molecule has 0 bridgehead atoms. The van der Waals surface area contributed by atoms with Gasteiger partial charge in [0.25, 0.3) is 0 Å². The average Bonchev–Trinajstić information content (AvgIpc) is 2.74. The number of piperidine rings is 1. The molecule has 2 aromatic rings. The lowest BCUT2D eigenvalue weighted by atomic mass is 10.1. The van der Waals surface area contributed by atoms with Gasteiger partial charge in [0, 0.05) is 24.2 Å². The molecule has 0 unspecified atom stereocenters. The quantitative estimate of drug-likeness (QED) is 0.770. The van der Waals surface area contributed by atoms with Crippen molar-refractivity contribution in [3.05, 3.63) is 59.7 Å². The van der Waals surface area contributed by atoms with Crippen LogP contribution in [0, 0.1) is 11.8 Å². The summed E-state index contributed by atoms with van der Waals surface area (Å²) in [4.78, 5) is 25.9. The summed E-state index contributed by atoms with van der Waals surface area (Å²) >= 11 is 0. The maximum atomic E-state index is 12.0. The Morgan fingerprint density at radius 2 is 1.86 bits per heavy atom. The van der Waals surface area contributed by atoms with Gasteiger partial charge >= 0.3 is 0 Å². The molecule has 150 valence electrons. The Morgan fingerprint density at radius 1 is 1.10 bits per heavy atom. The van der Waals surface area contributed by atoms with Crippen LogP contribution in [-0.4, -0.2) is 31.5 Å². The van der Waals surface area contributed by atoms with Crippen LogP contribution < -0.4 is 15.0 Å². The van der Waals surface area contributed by atoms with Gasteiger partial charge < -0.3 is 15.0 Å². The highest BCUT2D eigenvalue weighted by Gasteiger charge is 2.19. The van der Waals surface area contributed by atoms with Crippen molar-refractivity contribution in [2.24, 2.45) is 0 Å². The van der Waals surface area contributed by atoms with Gasteiger partial charge in [0.1, 0.15) is 5.75 Å². The van der Waals surface area contributed by atoms with Crippen molar-refractivity contribution >= 4 is 17.5 Å². The van der Waals surface area contributed by atoms with Crippen molar-refractivity contribution in [1.82, 2.24) is 5.32 Å². The van der Waals surface area contributed by atoms with E-state index in [4.69, 9.17) is 4.74 Å². The fourth-order valence-electron chi connectivity index (χ4n) is 3.21. The Bertz CT molecular complexity index is 892. The lowest BCUT2D eigenvalue weighted by molar-refractivity contribution is -0.120. The van der Waals surface area contributed by atoms with Crippen LogP contribution in [0.15, 0.2) is 48.5 Å². The fraction of sp³-hybridized carbons (Fsp3) is 0.333. The predicted molar refractivity (Wildman–Crippen MR) is 114 cm³/mol. The molecule has 2 aromatic carbocycles. The molecule has 0 aliphatic carbocycles. The summed E-state index contributed by atoms with van der Waals surface area (Å²) in [5, 5.41) is 2.81. The largest absolute Gasteiger partial charge is 0.494 e. The second kappa shape index (κ2) is 10.3. The number of hydrogen-bond donors (Lipinski definition) is 1. The van der Waals surface area contributed by atoms with Crippen LogP contribution in [0.2, 0.25) is 0 Å². The number of amides is 2. The van der Waals surface area contributed by atoms with E-state index in [-0.39, 0.29) is 11.8 Å². The molecule has 1 aliphatic rings. The maximum Gasteiger partial charge on any atom is 0.226 e. The van der Waals surface area contributed by atoms with E-state index in [0.29, 0.717) is 26.0 Å². The first kappa shape index (κ1) is 20.5. The van der Waals surface area contributed by atoms with Gasteiger partial charge in [0.15, 0.2) is 0 Å². The zero-order valence-corrected chi connectivity index (χ0v) is 16.7. The number of nitrogens with one attached hydrogen (secondary N) is 1. The van der Waals surface area contributed by atoms with Gasteiger partial charge in [-0.15, -0.1) is 0 Å². The van der Waals surface area contributed by atoms with Gasteiger partial charge in [-0.2, -0.15) is 0 Å². The summed E-state index contributed by atoms with van der Waals surface area (Å²) in [6, 6.07) is 15.2. The standard InChI is InChI=1S/C24H26N2O3/c1-2-29-22-14-10-20(11-15-22)18-23(27)25-16-5-6-19-8-12-21(13-9-19)26-17-4-3-7-24(26)28/h8-15H,2-4,7,16-18H2,1H3,(H,25,27). The van der Waals surface area contributed by atoms with Crippen LogP contribution >= 0.6 is 0 Å². The van der Waals surface area contributed by atoms with Gasteiger partial charge in [0.2, 0.25) is 11.8 Å². The number of anilines is 1. The minimum atomic E-state index is -0.0672. The van der Waals surface area contributed by atoms with Crippen LogP contribution in [0.1, 0.15) is 37.3 Å². The van der Waals surface area contributed by atoms with Crippen molar-refractivity contribution < 1.29 is 14.3 Å². The molecule has 0 radical (unpaired) electrons. The molecule has 0 spiro atoms. The van der Waals surface area contributed by atoms with E-state index >= 15 is 0 Å². The molecule has 5 heteroatoms. The SMILES string of the molecule is CCOc1ccc(CC(=O)NCC#Cc2ccc(N3CCCCC3=O)cc2)cc1. The molecule has 0 saturated carbocycles. The first-order valence-electron chi connectivity index (χ1n) is 10.0. The first-order chi connectivity index (χ1) is 14.2. The molecule has 3 rings (SSSR count). The molecule has 1 heterocycles. The molecule has 1 N–H and O–H groups in total. The summed E-state index contributed by atoms with van der Waals surface area (Å²) < 4.78 is 5.40. The fourth-order valence-corrected chi connectivity index (χ4v) is 3.21. The molecule has 5 nitrogen and oxygen atoms in total. The molecular formula is C24H26N2O3. The Kier molecular flexibility index (Phi) is 7.29. The summed E-state index contributed by atoms with van der Waals surface area (Å²) in [7, 11) is 0. The van der Waals surface area contributed by atoms with Crippen molar-refractivity contribution in [3.8, 4) is 17.6 Å². The molecule has 0 aromatic heterocycles. The van der Waals surface area contributed by atoms with Gasteiger partial charge in [0.05, 0.1) is 19.6 Å². The Balaban J connectivity index is 1.45. The molecular weight excluding hydrogens is 364 g/mol. The van der Waals surface area contributed by atoms with Gasteiger partial charge in [-0.05, 0) is 61.7 Å². The number of carbonyl (C=O) groups excluding carboxylic acids is 2. The molecule has 0 atom stereocenters. The zero-order valence-electron chi connectivity index (χ0n) is 16.7. The van der Waals surface area contributed by atoms with E-state index < -0.39 is 0 Å². The van der Waals surface area contributed by atoms with Crippen LogP contribution in [0.25, 0.3) is 0 Å². The minimum absolute atomic E-state index is 0.0672. The number of benzene rings is 2. The first-order valence-corrected chi connectivity index (χ1v) is 10.0. The number of carbonyl (C=O) groups is 2. The van der Waals surface area contributed by atoms with Crippen molar-refractivity contribution in [1.29, 1.82) is 0 Å². The maximum absolute atomic E-state index is 12.0. The average molecular weight is 390 g/mol. The van der Waals surface area contributed by atoms with E-state index in [2.05, 4.69) is 17.2 Å². The highest BCUT2D eigenvalue weighted by Crippen LogP contribution is 2.21. The molecule has 2 amide bonds. The smallest absolute Gasteiger partial charge is 0.226 e. The lowest BCUT2D eigenvalue weighted by Gasteiger charge is -2.26. The van der Waals surface area contributed by atoms with Crippen LogP contribution in [-0.2, 0) is 16.0 Å². The van der Waals surface area contributed by atoms with Crippen LogP contribution in [0.3, 0.4) is 0 Å². The highest BCUT2D eigenvalue weighted by atomic mass is 16.5. The Morgan fingerprint density at radius 3 is 2.55 bits per heavy atom. The second-order valence-electron chi connectivity index (χ2n) is 6.88. The third-order valence-electron chi connectivity index (χ3n) is 4.71. The molecule has 1 fully saturated rings. The Hall–Kier alpha value is -3.26. The summed E-state index contributed by atoms with van der Waals surface area (Å²) in [5.41, 5.74) is 2.71. The third kappa shape index (κ3) is 6.11. The highest BCUT2D eigenvalue weighted by molar-refractivity contribution is 5.94.